The summed E-state index contributed by atoms with van der Waals surface area (Å²) < 4.78 is 0. The summed E-state index contributed by atoms with van der Waals surface area (Å²) in [6.07, 6.45) is -1.59. The second-order valence-electron chi connectivity index (χ2n) is 8.20. The van der Waals surface area contributed by atoms with Gasteiger partial charge in [0.2, 0.25) is 17.7 Å². The molecule has 184 valence electrons. The van der Waals surface area contributed by atoms with Crippen molar-refractivity contribution in [1.29, 1.82) is 0 Å². The van der Waals surface area contributed by atoms with Gasteiger partial charge in [0.25, 0.3) is 0 Å². The van der Waals surface area contributed by atoms with Gasteiger partial charge in [-0.25, -0.2) is 4.79 Å². The number of hydrogen-bond donors (Lipinski definition) is 7. The topological polar surface area (TPSA) is 208 Å². The van der Waals surface area contributed by atoms with Crippen LogP contribution in [0.5, 0.6) is 0 Å². The fourth-order valence-electron chi connectivity index (χ4n) is 2.74. The first-order valence-electron chi connectivity index (χ1n) is 10.5. The summed E-state index contributed by atoms with van der Waals surface area (Å²) in [6, 6.07) is -4.96. The van der Waals surface area contributed by atoms with Crippen LogP contribution in [0.2, 0.25) is 0 Å². The highest BCUT2D eigenvalue weighted by Crippen LogP contribution is 2.09. The zero-order chi connectivity index (χ0) is 25.2. The molecule has 0 saturated carbocycles. The Bertz CT molecular complexity index is 683. The van der Waals surface area contributed by atoms with E-state index in [0.717, 1.165) is 6.92 Å². The smallest absolute Gasteiger partial charge is 0.328 e. The van der Waals surface area contributed by atoms with Crippen molar-refractivity contribution in [2.24, 2.45) is 17.6 Å². The molecular weight excluding hydrogens is 424 g/mol. The number of aliphatic carboxylic acids is 2. The van der Waals surface area contributed by atoms with E-state index >= 15 is 0 Å². The Morgan fingerprint density at radius 3 is 1.78 bits per heavy atom. The summed E-state index contributed by atoms with van der Waals surface area (Å²) >= 11 is 0. The Labute approximate surface area is 187 Å². The summed E-state index contributed by atoms with van der Waals surface area (Å²) in [6.45, 7) is 8.16. The number of hydrogen-bond acceptors (Lipinski definition) is 7. The van der Waals surface area contributed by atoms with Gasteiger partial charge in [-0.2, -0.15) is 0 Å². The van der Waals surface area contributed by atoms with Crippen molar-refractivity contribution in [1.82, 2.24) is 16.0 Å². The Kier molecular flexibility index (Phi) is 12.5. The average molecular weight is 461 g/mol. The van der Waals surface area contributed by atoms with Gasteiger partial charge in [-0.1, -0.05) is 34.1 Å². The molecule has 0 aliphatic heterocycles. The molecule has 0 aromatic rings. The number of aliphatic hydroxyl groups is 1. The number of carbonyl (C=O) groups is 5. The summed E-state index contributed by atoms with van der Waals surface area (Å²) in [5, 5.41) is 34.7. The molecule has 6 atom stereocenters. The third-order valence-corrected chi connectivity index (χ3v) is 5.13. The Morgan fingerprint density at radius 1 is 0.844 bits per heavy atom. The molecule has 0 aromatic heterocycles. The number of amides is 3. The number of nitrogens with one attached hydrogen (secondary N) is 3. The molecule has 0 heterocycles. The van der Waals surface area contributed by atoms with E-state index in [0.29, 0.717) is 6.42 Å². The van der Waals surface area contributed by atoms with Gasteiger partial charge in [0.15, 0.2) is 6.04 Å². The lowest BCUT2D eigenvalue weighted by Gasteiger charge is -2.28. The standard InChI is InChI=1S/C20H36N4O8/c1-6-10(4)14(21)18(29)23-15(9(2)3)19(30)22-12(7-8-13(26)27)17(28)24-16(11(5)25)20(31)32/h9-12,14-16,25H,6-8,21H2,1-5H3,(H,22,30)(H,23,29)(H,24,28)(H,26,27)(H,31,32). The molecule has 0 bridgehead atoms. The molecule has 0 fully saturated rings. The van der Waals surface area contributed by atoms with Gasteiger partial charge in [0.1, 0.15) is 12.1 Å². The van der Waals surface area contributed by atoms with E-state index in [1.807, 2.05) is 6.92 Å². The van der Waals surface area contributed by atoms with Gasteiger partial charge in [-0.05, 0) is 25.2 Å². The van der Waals surface area contributed by atoms with Crippen LogP contribution in [-0.2, 0) is 24.0 Å². The highest BCUT2D eigenvalue weighted by atomic mass is 16.4. The fourth-order valence-corrected chi connectivity index (χ4v) is 2.74. The van der Waals surface area contributed by atoms with Crippen molar-refractivity contribution in [3.05, 3.63) is 0 Å². The summed E-state index contributed by atoms with van der Waals surface area (Å²) in [5.74, 6) is -5.51. The molecule has 0 radical (unpaired) electrons. The van der Waals surface area contributed by atoms with Crippen LogP contribution in [0.4, 0.5) is 0 Å². The van der Waals surface area contributed by atoms with Crippen LogP contribution < -0.4 is 21.7 Å². The summed E-state index contributed by atoms with van der Waals surface area (Å²) in [5.41, 5.74) is 5.91. The number of carbonyl (C=O) groups excluding carboxylic acids is 3. The van der Waals surface area contributed by atoms with Crippen LogP contribution >= 0.6 is 0 Å². The Balaban J connectivity index is 5.53. The molecule has 0 saturated heterocycles. The zero-order valence-corrected chi connectivity index (χ0v) is 19.1. The highest BCUT2D eigenvalue weighted by Gasteiger charge is 2.33. The minimum atomic E-state index is -1.65. The normalized spacial score (nSPS) is 16.8. The molecule has 12 nitrogen and oxygen atoms in total. The van der Waals surface area contributed by atoms with Gasteiger partial charge in [0, 0.05) is 6.42 Å². The quantitative estimate of drug-likeness (QED) is 0.166. The Hall–Kier alpha value is -2.73. The first-order chi connectivity index (χ1) is 14.7. The van der Waals surface area contributed by atoms with E-state index in [4.69, 9.17) is 15.9 Å². The number of rotatable bonds is 14. The van der Waals surface area contributed by atoms with Crippen LogP contribution in [0.25, 0.3) is 0 Å². The van der Waals surface area contributed by atoms with E-state index in [9.17, 15) is 29.1 Å². The third kappa shape index (κ3) is 9.60. The van der Waals surface area contributed by atoms with E-state index in [2.05, 4.69) is 16.0 Å². The van der Waals surface area contributed by atoms with E-state index in [1.54, 1.807) is 20.8 Å². The molecule has 3 amide bonds. The van der Waals surface area contributed by atoms with Crippen LogP contribution in [0, 0.1) is 11.8 Å². The second-order valence-corrected chi connectivity index (χ2v) is 8.20. The average Bonchev–Trinajstić information content (AvgIpc) is 2.70. The maximum Gasteiger partial charge on any atom is 0.328 e. The van der Waals surface area contributed by atoms with Crippen LogP contribution in [-0.4, -0.2) is 75.3 Å². The maximum absolute atomic E-state index is 12.8. The second kappa shape index (κ2) is 13.6. The zero-order valence-electron chi connectivity index (χ0n) is 19.1. The molecule has 8 N–H and O–H groups in total. The van der Waals surface area contributed by atoms with Crippen LogP contribution in [0.1, 0.15) is 53.9 Å². The van der Waals surface area contributed by atoms with Crippen molar-refractivity contribution in [3.63, 3.8) is 0 Å². The fraction of sp³-hybridized carbons (Fsp3) is 0.750. The number of aliphatic hydroxyl groups excluding tert-OH is 1. The van der Waals surface area contributed by atoms with Gasteiger partial charge < -0.3 is 37.0 Å². The van der Waals surface area contributed by atoms with E-state index in [1.165, 1.54) is 0 Å². The van der Waals surface area contributed by atoms with Gasteiger partial charge in [-0.3, -0.25) is 19.2 Å². The molecule has 0 aliphatic rings. The first-order valence-corrected chi connectivity index (χ1v) is 10.5. The maximum atomic E-state index is 12.8. The highest BCUT2D eigenvalue weighted by molar-refractivity contribution is 5.94. The lowest BCUT2D eigenvalue weighted by molar-refractivity contribution is -0.145. The molecule has 12 heteroatoms. The monoisotopic (exact) mass is 460 g/mol. The van der Waals surface area contributed by atoms with E-state index < -0.39 is 72.3 Å². The number of carboxylic acid groups (broad SMARTS) is 2. The van der Waals surface area contributed by atoms with E-state index in [-0.39, 0.29) is 12.3 Å². The van der Waals surface area contributed by atoms with Crippen LogP contribution in [0.3, 0.4) is 0 Å². The van der Waals surface area contributed by atoms with Crippen molar-refractivity contribution in [2.75, 3.05) is 0 Å². The van der Waals surface area contributed by atoms with Crippen molar-refractivity contribution >= 4 is 29.7 Å². The predicted octanol–water partition coefficient (Wildman–Crippen LogP) is -1.20. The lowest BCUT2D eigenvalue weighted by Crippen LogP contribution is -2.59. The van der Waals surface area contributed by atoms with Crippen molar-refractivity contribution in [2.45, 2.75) is 84.2 Å². The summed E-state index contributed by atoms with van der Waals surface area (Å²) in [4.78, 5) is 60.0. The van der Waals surface area contributed by atoms with Gasteiger partial charge >= 0.3 is 11.9 Å². The number of nitrogens with two attached hydrogens (primary N) is 1. The lowest BCUT2D eigenvalue weighted by atomic mass is 9.97. The number of carboxylic acids is 2. The molecule has 0 aliphatic carbocycles. The molecular formula is C20H36N4O8. The Morgan fingerprint density at radius 2 is 1.38 bits per heavy atom. The van der Waals surface area contributed by atoms with Gasteiger partial charge in [-0.15, -0.1) is 0 Å². The predicted molar refractivity (Wildman–Crippen MR) is 114 cm³/mol. The van der Waals surface area contributed by atoms with Crippen molar-refractivity contribution < 1.29 is 39.3 Å². The molecule has 6 unspecified atom stereocenters. The molecule has 0 rings (SSSR count). The summed E-state index contributed by atoms with van der Waals surface area (Å²) in [7, 11) is 0. The van der Waals surface area contributed by atoms with Gasteiger partial charge in [0.05, 0.1) is 12.1 Å². The molecule has 0 spiro atoms. The van der Waals surface area contributed by atoms with Crippen molar-refractivity contribution in [3.8, 4) is 0 Å². The minimum absolute atomic E-state index is 0.131. The molecule has 0 aromatic carbocycles. The largest absolute Gasteiger partial charge is 0.481 e. The van der Waals surface area contributed by atoms with Crippen LogP contribution in [0.15, 0.2) is 0 Å². The first kappa shape index (κ1) is 29.3. The minimum Gasteiger partial charge on any atom is -0.481 e. The molecule has 32 heavy (non-hydrogen) atoms. The SMILES string of the molecule is CCC(C)C(N)C(=O)NC(C(=O)NC(CCC(=O)O)C(=O)NC(C(=O)O)C(C)O)C(C)C. The third-order valence-electron chi connectivity index (χ3n) is 5.13.